The minimum Gasteiger partial charge on any atom is -0.544 e. The minimum absolute atomic E-state index is 0.0393. The number of nitrogens with zero attached hydrogens (tertiary/aromatic N) is 1. The van der Waals surface area contributed by atoms with Crippen molar-refractivity contribution in [2.24, 2.45) is 0 Å². The van der Waals surface area contributed by atoms with Gasteiger partial charge in [-0.05, 0) is 64.2 Å². The molecule has 0 rings (SSSR count). The van der Waals surface area contributed by atoms with Crippen LogP contribution in [0.2, 0.25) is 0 Å². The maximum atomic E-state index is 12.7. The molecule has 0 spiro atoms. The van der Waals surface area contributed by atoms with Crippen LogP contribution >= 0.6 is 0 Å². The van der Waals surface area contributed by atoms with Crippen molar-refractivity contribution in [1.82, 2.24) is 0 Å². The third-order valence-electron chi connectivity index (χ3n) is 10.8. The first-order valence-corrected chi connectivity index (χ1v) is 23.9. The third-order valence-corrected chi connectivity index (χ3v) is 10.8. The fraction of sp³-hybridized carbons (Fsp3) is 0.857. The van der Waals surface area contributed by atoms with Crippen molar-refractivity contribution in [2.45, 2.75) is 231 Å². The second-order valence-electron chi connectivity index (χ2n) is 17.3. The molecule has 0 aliphatic rings. The molecule has 0 saturated heterocycles. The van der Waals surface area contributed by atoms with Gasteiger partial charge in [-0.3, -0.25) is 9.59 Å². The Morgan fingerprint density at radius 3 is 1.28 bits per heavy atom. The van der Waals surface area contributed by atoms with Gasteiger partial charge in [0.25, 0.3) is 0 Å². The van der Waals surface area contributed by atoms with E-state index in [2.05, 4.69) is 38.2 Å². The normalized spacial score (nSPS) is 13.1. The fourth-order valence-electron chi connectivity index (χ4n) is 7.06. The molecule has 2 atom stereocenters. The van der Waals surface area contributed by atoms with E-state index >= 15 is 0 Å². The van der Waals surface area contributed by atoms with Crippen LogP contribution in [0.5, 0.6) is 0 Å². The van der Waals surface area contributed by atoms with Crippen LogP contribution in [0.15, 0.2) is 24.3 Å². The molecule has 0 amide bonds. The molecule has 0 aromatic rings. The van der Waals surface area contributed by atoms with E-state index in [-0.39, 0.29) is 42.7 Å². The molecule has 57 heavy (non-hydrogen) atoms. The van der Waals surface area contributed by atoms with Gasteiger partial charge in [0, 0.05) is 19.3 Å². The molecule has 0 bridgehead atoms. The zero-order valence-corrected chi connectivity index (χ0v) is 38.0. The van der Waals surface area contributed by atoms with Gasteiger partial charge in [0.05, 0.1) is 40.3 Å². The molecule has 8 heteroatoms. The van der Waals surface area contributed by atoms with Crippen molar-refractivity contribution in [3.63, 3.8) is 0 Å². The molecular formula is C49H91NO7. The second-order valence-corrected chi connectivity index (χ2v) is 17.3. The lowest BCUT2D eigenvalue weighted by Gasteiger charge is -2.34. The number of quaternary nitrogens is 1. The Balaban J connectivity index is 4.29. The molecule has 8 nitrogen and oxygen atoms in total. The number of hydrogen-bond acceptors (Lipinski definition) is 7. The molecule has 0 aliphatic heterocycles. The number of carboxylic acid groups (broad SMARTS) is 1. The first-order valence-electron chi connectivity index (χ1n) is 23.9. The molecular weight excluding hydrogens is 715 g/mol. The average molecular weight is 806 g/mol. The Morgan fingerprint density at radius 2 is 0.877 bits per heavy atom. The predicted octanol–water partition coefficient (Wildman–Crippen LogP) is 11.9. The first-order chi connectivity index (χ1) is 27.6. The molecule has 0 heterocycles. The number of aliphatic carboxylic acids is 1. The molecule has 2 unspecified atom stereocenters. The highest BCUT2D eigenvalue weighted by Crippen LogP contribution is 2.15. The lowest BCUT2D eigenvalue weighted by Crippen LogP contribution is -2.55. The van der Waals surface area contributed by atoms with E-state index in [4.69, 9.17) is 14.2 Å². The second kappa shape index (κ2) is 40.6. The number of carbonyl (C=O) groups excluding carboxylic acids is 3. The van der Waals surface area contributed by atoms with E-state index in [0.717, 1.165) is 51.4 Å². The molecule has 0 radical (unpaired) electrons. The minimum atomic E-state index is -1.12. The lowest BCUT2D eigenvalue weighted by molar-refractivity contribution is -0.889. The summed E-state index contributed by atoms with van der Waals surface area (Å²) in [6.45, 7) is 4.66. The van der Waals surface area contributed by atoms with Crippen LogP contribution in [-0.2, 0) is 28.6 Å². The quantitative estimate of drug-likeness (QED) is 0.0262. The molecule has 0 aromatic carbocycles. The van der Waals surface area contributed by atoms with Crippen molar-refractivity contribution < 1.29 is 38.2 Å². The van der Waals surface area contributed by atoms with E-state index in [0.29, 0.717) is 12.8 Å². The van der Waals surface area contributed by atoms with Gasteiger partial charge in [0.2, 0.25) is 0 Å². The van der Waals surface area contributed by atoms with Gasteiger partial charge in [0.1, 0.15) is 12.6 Å². The average Bonchev–Trinajstić information content (AvgIpc) is 3.17. The molecule has 334 valence electrons. The SMILES string of the molecule is CCCCCC/C=C/CCCCCCCCCC(=O)OC(COCCC(C(=O)[O-])[N+](C)(C)C)COC(=O)CCCCCCC/C=C/CCCCCCCCCCC. The van der Waals surface area contributed by atoms with Gasteiger partial charge in [-0.15, -0.1) is 0 Å². The summed E-state index contributed by atoms with van der Waals surface area (Å²) in [7, 11) is 5.41. The summed E-state index contributed by atoms with van der Waals surface area (Å²) in [6.07, 6.45) is 44.8. The Morgan fingerprint density at radius 1 is 0.509 bits per heavy atom. The number of likely N-dealkylation sites (N-methyl/N-ethyl adjacent to an activating group) is 1. The van der Waals surface area contributed by atoms with Crippen molar-refractivity contribution in [3.8, 4) is 0 Å². The van der Waals surface area contributed by atoms with Crippen molar-refractivity contribution in [3.05, 3.63) is 24.3 Å². The van der Waals surface area contributed by atoms with Crippen molar-refractivity contribution in [2.75, 3.05) is 41.0 Å². The number of carbonyl (C=O) groups is 3. The van der Waals surface area contributed by atoms with Crippen LogP contribution in [0.4, 0.5) is 0 Å². The largest absolute Gasteiger partial charge is 0.544 e. The zero-order valence-electron chi connectivity index (χ0n) is 38.0. The molecule has 0 aromatic heterocycles. The molecule has 0 aliphatic carbocycles. The number of carboxylic acids is 1. The van der Waals surface area contributed by atoms with Crippen LogP contribution < -0.4 is 5.11 Å². The highest BCUT2D eigenvalue weighted by atomic mass is 16.6. The smallest absolute Gasteiger partial charge is 0.306 e. The topological polar surface area (TPSA) is 102 Å². The number of allylic oxidation sites excluding steroid dienone is 4. The summed E-state index contributed by atoms with van der Waals surface area (Å²) < 4.78 is 17.2. The highest BCUT2D eigenvalue weighted by molar-refractivity contribution is 5.70. The highest BCUT2D eigenvalue weighted by Gasteiger charge is 2.25. The summed E-state index contributed by atoms with van der Waals surface area (Å²) in [6, 6.07) is -0.725. The number of unbranched alkanes of at least 4 members (excludes halogenated alkanes) is 25. The summed E-state index contributed by atoms with van der Waals surface area (Å²) in [5.41, 5.74) is 0. The Hall–Kier alpha value is -2.19. The van der Waals surface area contributed by atoms with E-state index in [1.807, 2.05) is 0 Å². The Labute approximate surface area is 351 Å². The standard InChI is InChI=1S/C49H91NO7/c1-6-8-10-12-14-16-18-20-22-23-24-26-27-29-31-33-35-37-39-47(51)56-44-45(43-55-42-41-46(49(53)54)50(3,4)5)57-48(52)40-38-36-34-32-30-28-25-21-19-17-15-13-11-9-7-2/h17,19,24,26,45-46H,6-16,18,20-23,25,27-44H2,1-5H3/b19-17+,26-24+. The van der Waals surface area contributed by atoms with E-state index in [1.165, 1.54) is 135 Å². The summed E-state index contributed by atoms with van der Waals surface area (Å²) in [5, 5.41) is 11.6. The number of ether oxygens (including phenoxy) is 3. The predicted molar refractivity (Wildman–Crippen MR) is 236 cm³/mol. The summed E-state index contributed by atoms with van der Waals surface area (Å²) in [5.74, 6) is -1.74. The third kappa shape index (κ3) is 39.1. The maximum absolute atomic E-state index is 12.7. The fourth-order valence-corrected chi connectivity index (χ4v) is 7.06. The van der Waals surface area contributed by atoms with Gasteiger partial charge >= 0.3 is 11.9 Å². The molecule has 0 fully saturated rings. The van der Waals surface area contributed by atoms with Gasteiger partial charge < -0.3 is 28.6 Å². The van der Waals surface area contributed by atoms with E-state index < -0.39 is 18.1 Å². The Bertz CT molecular complexity index is 989. The van der Waals surface area contributed by atoms with Crippen LogP contribution in [0.1, 0.15) is 219 Å². The number of esters is 2. The van der Waals surface area contributed by atoms with Gasteiger partial charge in [-0.25, -0.2) is 0 Å². The van der Waals surface area contributed by atoms with Crippen molar-refractivity contribution >= 4 is 17.9 Å². The van der Waals surface area contributed by atoms with E-state index in [9.17, 15) is 19.5 Å². The van der Waals surface area contributed by atoms with Gasteiger partial charge in [0.15, 0.2) is 6.10 Å². The lowest BCUT2D eigenvalue weighted by atomic mass is 10.1. The zero-order chi connectivity index (χ0) is 42.1. The van der Waals surface area contributed by atoms with Crippen LogP contribution in [0.25, 0.3) is 0 Å². The van der Waals surface area contributed by atoms with Crippen LogP contribution in [-0.4, -0.2) is 75.5 Å². The van der Waals surface area contributed by atoms with Crippen LogP contribution in [0.3, 0.4) is 0 Å². The number of rotatable bonds is 43. The summed E-state index contributed by atoms with van der Waals surface area (Å²) >= 11 is 0. The number of hydrogen-bond donors (Lipinski definition) is 0. The maximum Gasteiger partial charge on any atom is 0.306 e. The van der Waals surface area contributed by atoms with E-state index in [1.54, 1.807) is 21.1 Å². The van der Waals surface area contributed by atoms with Gasteiger partial charge in [-0.2, -0.15) is 0 Å². The first kappa shape index (κ1) is 54.8. The Kier molecular flexibility index (Phi) is 39.0. The summed E-state index contributed by atoms with van der Waals surface area (Å²) in [4.78, 5) is 36.9. The molecule has 0 N–H and O–H groups in total. The van der Waals surface area contributed by atoms with Gasteiger partial charge in [-0.1, -0.05) is 160 Å². The van der Waals surface area contributed by atoms with Crippen LogP contribution in [0, 0.1) is 0 Å². The molecule has 0 saturated carbocycles. The monoisotopic (exact) mass is 806 g/mol. The van der Waals surface area contributed by atoms with Crippen molar-refractivity contribution in [1.29, 1.82) is 0 Å².